The summed E-state index contributed by atoms with van der Waals surface area (Å²) in [5.74, 6) is 2.05. The lowest BCUT2D eigenvalue weighted by molar-refractivity contribution is -0.115. The van der Waals surface area contributed by atoms with Gasteiger partial charge in [-0.15, -0.1) is 5.10 Å². The number of carbonyl (C=O) groups excluding carboxylic acids is 1. The number of primary amides is 1. The number of nitrogens with two attached hydrogens (primary N) is 1. The number of hydrogen-bond acceptors (Lipinski definition) is 7. The second-order valence-electron chi connectivity index (χ2n) is 7.21. The first-order valence-corrected chi connectivity index (χ1v) is 11.2. The number of allylic oxidation sites excluding steroid dienone is 1. The maximum Gasteiger partial charge on any atom is 0.248 e. The van der Waals surface area contributed by atoms with E-state index in [1.165, 1.54) is 11.8 Å². The lowest BCUT2D eigenvalue weighted by Crippen LogP contribution is -2.31. The third-order valence-electron chi connectivity index (χ3n) is 5.11. The molecule has 32 heavy (non-hydrogen) atoms. The lowest BCUT2D eigenvalue weighted by atomic mass is 9.95. The van der Waals surface area contributed by atoms with Crippen molar-refractivity contribution in [1.82, 2.24) is 14.8 Å². The number of fused-ring (bicyclic) bond motifs is 1. The van der Waals surface area contributed by atoms with Crippen molar-refractivity contribution in [1.29, 1.82) is 0 Å². The van der Waals surface area contributed by atoms with Gasteiger partial charge in [0, 0.05) is 5.70 Å². The Labute approximate surface area is 190 Å². The highest BCUT2D eigenvalue weighted by Crippen LogP contribution is 2.39. The van der Waals surface area contributed by atoms with Gasteiger partial charge in [0.2, 0.25) is 17.0 Å². The normalized spacial score (nSPS) is 15.2. The predicted molar refractivity (Wildman–Crippen MR) is 124 cm³/mol. The fourth-order valence-electron chi connectivity index (χ4n) is 3.66. The fourth-order valence-corrected chi connectivity index (χ4v) is 4.21. The van der Waals surface area contributed by atoms with Crippen LogP contribution in [0.25, 0.3) is 0 Å². The molecule has 0 bridgehead atoms. The molecule has 1 aliphatic rings. The molecule has 4 rings (SSSR count). The Balaban J connectivity index is 1.71. The molecule has 3 N–H and O–H groups in total. The van der Waals surface area contributed by atoms with E-state index in [1.54, 1.807) is 11.8 Å². The van der Waals surface area contributed by atoms with E-state index in [9.17, 15) is 4.79 Å². The SMILES string of the molecule is CCSc1nc2n(n1)C(c1ccc(OCc3ccccc3)c(OC)c1)C(C(N)=O)=C(C)N2. The first-order valence-electron chi connectivity index (χ1n) is 10.2. The number of ether oxygens (including phenoxy) is 2. The van der Waals surface area contributed by atoms with Crippen molar-refractivity contribution >= 4 is 23.6 Å². The van der Waals surface area contributed by atoms with Crippen LogP contribution in [0.5, 0.6) is 11.5 Å². The molecule has 166 valence electrons. The van der Waals surface area contributed by atoms with Crippen molar-refractivity contribution in [2.75, 3.05) is 18.2 Å². The van der Waals surface area contributed by atoms with Gasteiger partial charge >= 0.3 is 0 Å². The maximum absolute atomic E-state index is 12.4. The molecule has 2 heterocycles. The Morgan fingerprint density at radius 3 is 2.69 bits per heavy atom. The molecular weight excluding hydrogens is 426 g/mol. The highest BCUT2D eigenvalue weighted by molar-refractivity contribution is 7.99. The molecular formula is C23H25N5O3S. The number of rotatable bonds is 8. The summed E-state index contributed by atoms with van der Waals surface area (Å²) in [4.78, 5) is 16.9. The molecule has 1 amide bonds. The van der Waals surface area contributed by atoms with Crippen molar-refractivity contribution in [2.24, 2.45) is 5.73 Å². The van der Waals surface area contributed by atoms with Crippen molar-refractivity contribution in [3.63, 3.8) is 0 Å². The van der Waals surface area contributed by atoms with Gasteiger partial charge in [-0.1, -0.05) is 55.1 Å². The number of aromatic nitrogens is 3. The summed E-state index contributed by atoms with van der Waals surface area (Å²) in [7, 11) is 1.59. The molecule has 0 saturated heterocycles. The summed E-state index contributed by atoms with van der Waals surface area (Å²) in [6, 6.07) is 15.0. The van der Waals surface area contributed by atoms with Crippen LogP contribution in [0.1, 0.15) is 31.0 Å². The molecule has 0 spiro atoms. The van der Waals surface area contributed by atoms with Crippen LogP contribution in [-0.2, 0) is 11.4 Å². The molecule has 1 unspecified atom stereocenters. The Morgan fingerprint density at radius 2 is 2.00 bits per heavy atom. The molecule has 3 aromatic rings. The van der Waals surface area contributed by atoms with Crippen LogP contribution in [0.3, 0.4) is 0 Å². The second kappa shape index (κ2) is 9.35. The average molecular weight is 452 g/mol. The number of nitrogens with one attached hydrogen (secondary N) is 1. The van der Waals surface area contributed by atoms with Crippen molar-refractivity contribution < 1.29 is 14.3 Å². The Hall–Kier alpha value is -3.46. The average Bonchev–Trinajstić information content (AvgIpc) is 3.19. The topological polar surface area (TPSA) is 104 Å². The van der Waals surface area contributed by atoms with Crippen LogP contribution in [0.2, 0.25) is 0 Å². The number of amides is 1. The number of methoxy groups -OCH3 is 1. The molecule has 1 aromatic heterocycles. The molecule has 1 atom stereocenters. The van der Waals surface area contributed by atoms with Gasteiger partial charge in [-0.25, -0.2) is 4.68 Å². The van der Waals surface area contributed by atoms with Gasteiger partial charge in [-0.2, -0.15) is 4.98 Å². The third-order valence-corrected chi connectivity index (χ3v) is 5.83. The van der Waals surface area contributed by atoms with E-state index >= 15 is 0 Å². The standard InChI is InChI=1S/C23H25N5O3S/c1-4-32-23-26-22-25-14(2)19(21(24)29)20(28(22)27-23)16-10-11-17(18(12-16)30-3)31-13-15-8-6-5-7-9-15/h5-12,20H,4,13H2,1-3H3,(H2,24,29)(H,25,26,27). The van der Waals surface area contributed by atoms with Gasteiger partial charge < -0.3 is 20.5 Å². The zero-order valence-corrected chi connectivity index (χ0v) is 19.0. The predicted octanol–water partition coefficient (Wildman–Crippen LogP) is 3.75. The minimum atomic E-state index is -0.528. The molecule has 9 heteroatoms. The van der Waals surface area contributed by atoms with E-state index in [-0.39, 0.29) is 0 Å². The summed E-state index contributed by atoms with van der Waals surface area (Å²) < 4.78 is 13.3. The molecule has 2 aromatic carbocycles. The zero-order chi connectivity index (χ0) is 22.7. The molecule has 8 nitrogen and oxygen atoms in total. The van der Waals surface area contributed by atoms with Crippen LogP contribution in [0.15, 0.2) is 65.0 Å². The summed E-state index contributed by atoms with van der Waals surface area (Å²) in [5, 5.41) is 8.39. The van der Waals surface area contributed by atoms with Gasteiger partial charge in [0.15, 0.2) is 11.5 Å². The van der Waals surface area contributed by atoms with Gasteiger partial charge in [-0.3, -0.25) is 4.79 Å². The van der Waals surface area contributed by atoms with E-state index in [0.29, 0.717) is 40.5 Å². The van der Waals surface area contributed by atoms with Crippen molar-refractivity contribution in [3.05, 3.63) is 70.9 Å². The van der Waals surface area contributed by atoms with Crippen LogP contribution in [0, 0.1) is 0 Å². The Bertz CT molecular complexity index is 1160. The number of nitrogens with zero attached hydrogens (tertiary/aromatic N) is 3. The first-order chi connectivity index (χ1) is 15.5. The maximum atomic E-state index is 12.4. The lowest BCUT2D eigenvalue weighted by Gasteiger charge is -2.28. The Morgan fingerprint density at radius 1 is 1.22 bits per heavy atom. The van der Waals surface area contributed by atoms with E-state index in [1.807, 2.05) is 62.4 Å². The highest BCUT2D eigenvalue weighted by Gasteiger charge is 2.33. The molecule has 0 aliphatic carbocycles. The number of anilines is 1. The van der Waals surface area contributed by atoms with Gasteiger partial charge in [0.25, 0.3) is 0 Å². The highest BCUT2D eigenvalue weighted by atomic mass is 32.2. The Kier molecular flexibility index (Phi) is 6.36. The summed E-state index contributed by atoms with van der Waals surface area (Å²) in [6.45, 7) is 4.26. The number of thioether (sulfide) groups is 1. The number of hydrogen-bond donors (Lipinski definition) is 2. The van der Waals surface area contributed by atoms with Crippen molar-refractivity contribution in [3.8, 4) is 11.5 Å². The van der Waals surface area contributed by atoms with Crippen LogP contribution >= 0.6 is 11.8 Å². The molecule has 0 fully saturated rings. The number of carbonyl (C=O) groups is 1. The molecule has 0 saturated carbocycles. The van der Waals surface area contributed by atoms with E-state index in [2.05, 4.69) is 15.4 Å². The van der Waals surface area contributed by atoms with Gasteiger partial charge in [0.05, 0.1) is 12.7 Å². The number of benzene rings is 2. The fraction of sp³-hybridized carbons (Fsp3) is 0.261. The summed E-state index contributed by atoms with van der Waals surface area (Å²) in [6.07, 6.45) is 0. The summed E-state index contributed by atoms with van der Waals surface area (Å²) >= 11 is 1.53. The largest absolute Gasteiger partial charge is 0.493 e. The van der Waals surface area contributed by atoms with Crippen LogP contribution in [0.4, 0.5) is 5.95 Å². The van der Waals surface area contributed by atoms with Gasteiger partial charge in [-0.05, 0) is 35.9 Å². The summed E-state index contributed by atoms with van der Waals surface area (Å²) in [5.41, 5.74) is 8.69. The van der Waals surface area contributed by atoms with Crippen LogP contribution in [-0.4, -0.2) is 33.5 Å². The van der Waals surface area contributed by atoms with E-state index < -0.39 is 11.9 Å². The third kappa shape index (κ3) is 4.29. The monoisotopic (exact) mass is 451 g/mol. The second-order valence-corrected chi connectivity index (χ2v) is 8.44. The van der Waals surface area contributed by atoms with E-state index in [4.69, 9.17) is 15.2 Å². The minimum absolute atomic E-state index is 0.417. The zero-order valence-electron chi connectivity index (χ0n) is 18.2. The van der Waals surface area contributed by atoms with Crippen molar-refractivity contribution in [2.45, 2.75) is 31.7 Å². The quantitative estimate of drug-likeness (QED) is 0.503. The molecule has 1 aliphatic heterocycles. The molecule has 0 radical (unpaired) electrons. The van der Waals surface area contributed by atoms with Crippen LogP contribution < -0.4 is 20.5 Å². The smallest absolute Gasteiger partial charge is 0.248 e. The van der Waals surface area contributed by atoms with Gasteiger partial charge in [0.1, 0.15) is 12.6 Å². The van der Waals surface area contributed by atoms with E-state index in [0.717, 1.165) is 16.9 Å². The first kappa shape index (κ1) is 21.8. The minimum Gasteiger partial charge on any atom is -0.493 e.